The van der Waals surface area contributed by atoms with Crippen molar-refractivity contribution in [1.29, 1.82) is 0 Å². The van der Waals surface area contributed by atoms with Crippen LogP contribution in [0.25, 0.3) is 0 Å². The molecule has 78 valence electrons. The molecular formula is C9H13N2O2SY+2. The summed E-state index contributed by atoms with van der Waals surface area (Å²) in [6, 6.07) is 1.63. The Balaban J connectivity index is 0.00000196. The summed E-state index contributed by atoms with van der Waals surface area (Å²) in [6.07, 6.45) is 0. The molecular weight excluding hydrogens is 289 g/mol. The molecule has 0 aliphatic carbocycles. The van der Waals surface area contributed by atoms with E-state index in [-0.39, 0.29) is 32.7 Å². The number of nitrogens with one attached hydrogen (secondary N) is 1. The fourth-order valence-electron chi connectivity index (χ4n) is 1.27. The number of hydrogen-bond donors (Lipinski definition) is 2. The van der Waals surface area contributed by atoms with Gasteiger partial charge >= 0.3 is 32.7 Å². The number of nitrogen functional groups attached to an aromatic ring is 1. The predicted octanol–water partition coefficient (Wildman–Crippen LogP) is 1.40. The monoisotopic (exact) mass is 302 g/mol. The van der Waals surface area contributed by atoms with Crippen LogP contribution in [0.1, 0.15) is 16.7 Å². The van der Waals surface area contributed by atoms with Gasteiger partial charge < -0.3 is 15.0 Å². The molecule has 3 N–H and O–H groups in total. The predicted molar refractivity (Wildman–Crippen MR) is 57.6 cm³/mol. The first-order valence-corrected chi connectivity index (χ1v) is 5.23. The van der Waals surface area contributed by atoms with Crippen molar-refractivity contribution < 1.29 is 41.5 Å². The minimum Gasteiger partial charge on any atom is -0.755 e. The van der Waals surface area contributed by atoms with Crippen molar-refractivity contribution in [2.24, 2.45) is 0 Å². The number of benzene rings is 1. The summed E-state index contributed by atoms with van der Waals surface area (Å²) < 4.78 is 23.3. The maximum atomic E-state index is 10.5. The van der Waals surface area contributed by atoms with E-state index in [4.69, 9.17) is 5.73 Å². The summed E-state index contributed by atoms with van der Waals surface area (Å²) in [6.45, 7) is 5.69. The van der Waals surface area contributed by atoms with Crippen LogP contribution < -0.4 is 10.5 Å². The number of rotatable bonds is 2. The van der Waals surface area contributed by atoms with Crippen LogP contribution in [0, 0.1) is 20.8 Å². The third-order valence-electron chi connectivity index (χ3n) is 2.46. The normalized spacial score (nSPS) is 11.7. The van der Waals surface area contributed by atoms with Gasteiger partial charge in [-0.25, -0.2) is 0 Å². The van der Waals surface area contributed by atoms with E-state index in [0.717, 1.165) is 16.7 Å². The van der Waals surface area contributed by atoms with E-state index < -0.39 is 11.3 Å². The van der Waals surface area contributed by atoms with Crippen LogP contribution >= 0.6 is 0 Å². The molecule has 0 aliphatic rings. The van der Waals surface area contributed by atoms with Crippen LogP contribution in [-0.4, -0.2) is 8.76 Å². The second kappa shape index (κ2) is 5.94. The summed E-state index contributed by atoms with van der Waals surface area (Å²) in [4.78, 5) is 0. The first-order chi connectivity index (χ1) is 6.43. The van der Waals surface area contributed by atoms with Crippen molar-refractivity contribution in [2.45, 2.75) is 20.8 Å². The van der Waals surface area contributed by atoms with Crippen molar-refractivity contribution in [3.8, 4) is 0 Å². The largest absolute Gasteiger partial charge is 3.00 e. The quantitative estimate of drug-likeness (QED) is 0.640. The fraction of sp³-hybridized carbons (Fsp3) is 0.333. The summed E-state index contributed by atoms with van der Waals surface area (Å²) in [5.74, 6) is 0. The molecule has 0 radical (unpaired) electrons. The van der Waals surface area contributed by atoms with E-state index in [9.17, 15) is 8.76 Å². The number of nitrogens with two attached hydrogens (primary N) is 1. The SMILES string of the molecule is Cc1c(N)cc(NS(=O)[O-])c(C)c1C.[Y+3]. The molecule has 1 rings (SSSR count). The van der Waals surface area contributed by atoms with Crippen molar-refractivity contribution in [1.82, 2.24) is 0 Å². The molecule has 1 aromatic carbocycles. The average molecular weight is 302 g/mol. The summed E-state index contributed by atoms with van der Waals surface area (Å²) in [5, 5.41) is 0. The van der Waals surface area contributed by atoms with E-state index in [1.54, 1.807) is 6.07 Å². The van der Waals surface area contributed by atoms with E-state index in [2.05, 4.69) is 4.72 Å². The molecule has 0 fully saturated rings. The Labute approximate surface area is 117 Å². The van der Waals surface area contributed by atoms with Gasteiger partial charge in [0, 0.05) is 17.0 Å². The van der Waals surface area contributed by atoms with Crippen molar-refractivity contribution in [3.63, 3.8) is 0 Å². The van der Waals surface area contributed by atoms with Crippen molar-refractivity contribution in [3.05, 3.63) is 22.8 Å². The van der Waals surface area contributed by atoms with Gasteiger partial charge in [0.05, 0.1) is 5.69 Å². The van der Waals surface area contributed by atoms with Crippen molar-refractivity contribution >= 4 is 22.6 Å². The van der Waals surface area contributed by atoms with Gasteiger partial charge in [-0.3, -0.25) is 4.21 Å². The Morgan fingerprint density at radius 1 is 1.27 bits per heavy atom. The Morgan fingerprint density at radius 2 is 1.80 bits per heavy atom. The van der Waals surface area contributed by atoms with Crippen molar-refractivity contribution in [2.75, 3.05) is 10.5 Å². The second-order valence-corrected chi connectivity index (χ2v) is 3.90. The molecule has 0 heterocycles. The van der Waals surface area contributed by atoms with Gasteiger partial charge in [-0.1, -0.05) is 0 Å². The molecule has 0 spiro atoms. The smallest absolute Gasteiger partial charge is 0.755 e. The van der Waals surface area contributed by atoms with E-state index in [1.165, 1.54) is 0 Å². The zero-order valence-electron chi connectivity index (χ0n) is 8.96. The molecule has 0 bridgehead atoms. The standard InChI is InChI=1S/C9H14N2O2S.Y/c1-5-6(2)8(10)4-9(7(5)3)11-14(12)13;/h4,11H,10H2,1-3H3,(H,12,13);/q;+3/p-1. The first kappa shape index (κ1) is 15.0. The minimum absolute atomic E-state index is 0. The molecule has 1 aromatic rings. The first-order valence-electron chi connectivity index (χ1n) is 4.15. The summed E-state index contributed by atoms with van der Waals surface area (Å²) in [7, 11) is 0. The van der Waals surface area contributed by atoms with Crippen LogP contribution in [0.15, 0.2) is 6.07 Å². The number of anilines is 2. The Hall–Kier alpha value is 0.0339. The second-order valence-electron chi connectivity index (χ2n) is 3.23. The molecule has 6 heteroatoms. The van der Waals surface area contributed by atoms with Crippen LogP contribution in [0.5, 0.6) is 0 Å². The minimum atomic E-state index is -2.31. The Bertz CT molecular complexity index is 396. The molecule has 1 unspecified atom stereocenters. The van der Waals surface area contributed by atoms with Crippen LogP contribution in [-0.2, 0) is 44.0 Å². The van der Waals surface area contributed by atoms with Crippen LogP contribution in [0.3, 0.4) is 0 Å². The fourth-order valence-corrected chi connectivity index (χ4v) is 1.66. The maximum Gasteiger partial charge on any atom is 3.00 e. The molecule has 1 atom stereocenters. The third-order valence-corrected chi connectivity index (χ3v) is 2.84. The van der Waals surface area contributed by atoms with Gasteiger partial charge in [-0.15, -0.1) is 0 Å². The molecule has 0 saturated heterocycles. The summed E-state index contributed by atoms with van der Waals surface area (Å²) >= 11 is -2.31. The molecule has 0 amide bonds. The Morgan fingerprint density at radius 3 is 2.27 bits per heavy atom. The van der Waals surface area contributed by atoms with Gasteiger partial charge in [-0.05, 0) is 43.5 Å². The van der Waals surface area contributed by atoms with Crippen LogP contribution in [0.4, 0.5) is 11.4 Å². The zero-order valence-corrected chi connectivity index (χ0v) is 12.6. The van der Waals surface area contributed by atoms with E-state index >= 15 is 0 Å². The number of hydrogen-bond acceptors (Lipinski definition) is 3. The summed E-state index contributed by atoms with van der Waals surface area (Å²) in [5.41, 5.74) is 9.77. The topological polar surface area (TPSA) is 78.2 Å². The maximum absolute atomic E-state index is 10.5. The molecule has 4 nitrogen and oxygen atoms in total. The van der Waals surface area contributed by atoms with Crippen LogP contribution in [0.2, 0.25) is 0 Å². The van der Waals surface area contributed by atoms with Gasteiger partial charge in [-0.2, -0.15) is 0 Å². The Kier molecular flexibility index (Phi) is 5.95. The van der Waals surface area contributed by atoms with Gasteiger partial charge in [0.1, 0.15) is 0 Å². The van der Waals surface area contributed by atoms with Gasteiger partial charge in [0.15, 0.2) is 0 Å². The van der Waals surface area contributed by atoms with Gasteiger partial charge in [0.25, 0.3) is 0 Å². The average Bonchev–Trinajstić information content (AvgIpc) is 2.10. The third kappa shape index (κ3) is 3.52. The molecule has 0 saturated carbocycles. The van der Waals surface area contributed by atoms with Gasteiger partial charge in [0.2, 0.25) is 0 Å². The molecule has 15 heavy (non-hydrogen) atoms. The van der Waals surface area contributed by atoms with E-state index in [1.807, 2.05) is 20.8 Å². The van der Waals surface area contributed by atoms with E-state index in [0.29, 0.717) is 11.4 Å². The zero-order chi connectivity index (χ0) is 10.9. The molecule has 0 aliphatic heterocycles. The molecule has 0 aromatic heterocycles.